The number of hydrogen-bond donors (Lipinski definition) is 1. The minimum Gasteiger partial charge on any atom is -0.493 e. The van der Waals surface area contributed by atoms with E-state index >= 15 is 0 Å². The number of rotatable bonds is 6. The molecule has 1 aliphatic carbocycles. The molecule has 9 heteroatoms. The molecule has 1 aliphatic rings. The van der Waals surface area contributed by atoms with Gasteiger partial charge < -0.3 is 19.9 Å². The Kier molecular flexibility index (Phi) is 5.78. The average Bonchev–Trinajstić information content (AvgIpc) is 2.81. The standard InChI is InChI=1S/C24H17F2NO6/c1-31-18-10-12(6-9-17(18)33-24(25)26)11-32-23(30)16-8-7-15-19(20(16)27)22(29)14-5-3-2-4-13(14)21(15)28/h2-10,24H,11,27H2,1H3. The molecule has 0 aliphatic heterocycles. The summed E-state index contributed by atoms with van der Waals surface area (Å²) >= 11 is 0. The second-order valence-corrected chi connectivity index (χ2v) is 7.09. The summed E-state index contributed by atoms with van der Waals surface area (Å²) < 4.78 is 39.6. The molecule has 4 rings (SSSR count). The number of alkyl halides is 2. The van der Waals surface area contributed by atoms with Crippen molar-refractivity contribution >= 4 is 23.2 Å². The molecule has 0 atom stereocenters. The van der Waals surface area contributed by atoms with Crippen LogP contribution in [0.3, 0.4) is 0 Å². The fourth-order valence-corrected chi connectivity index (χ4v) is 3.61. The lowest BCUT2D eigenvalue weighted by Crippen LogP contribution is -2.24. The van der Waals surface area contributed by atoms with Gasteiger partial charge in [0, 0.05) is 16.7 Å². The first-order chi connectivity index (χ1) is 15.8. The van der Waals surface area contributed by atoms with Crippen molar-refractivity contribution in [3.8, 4) is 11.5 Å². The summed E-state index contributed by atoms with van der Waals surface area (Å²) in [6.07, 6.45) is 0. The Morgan fingerprint density at radius 1 is 0.939 bits per heavy atom. The first-order valence-electron chi connectivity index (χ1n) is 9.71. The second-order valence-electron chi connectivity index (χ2n) is 7.09. The predicted molar refractivity (Wildman–Crippen MR) is 113 cm³/mol. The SMILES string of the molecule is COc1cc(COC(=O)c2ccc3c(c2N)C(=O)c2ccccc2C3=O)ccc1OC(F)F. The summed E-state index contributed by atoms with van der Waals surface area (Å²) in [6.45, 7) is -3.24. The number of methoxy groups -OCH3 is 1. The van der Waals surface area contributed by atoms with Crippen molar-refractivity contribution in [3.63, 3.8) is 0 Å². The van der Waals surface area contributed by atoms with Crippen LogP contribution in [-0.4, -0.2) is 31.3 Å². The van der Waals surface area contributed by atoms with Gasteiger partial charge in [0.15, 0.2) is 23.1 Å². The van der Waals surface area contributed by atoms with Gasteiger partial charge in [0.1, 0.15) is 6.61 Å². The van der Waals surface area contributed by atoms with Gasteiger partial charge in [-0.3, -0.25) is 9.59 Å². The van der Waals surface area contributed by atoms with Crippen LogP contribution in [0.25, 0.3) is 0 Å². The largest absolute Gasteiger partial charge is 0.493 e. The maximum Gasteiger partial charge on any atom is 0.387 e. The number of esters is 1. The third-order valence-corrected chi connectivity index (χ3v) is 5.17. The second kappa shape index (κ2) is 8.70. The zero-order chi connectivity index (χ0) is 23.7. The van der Waals surface area contributed by atoms with Crippen molar-refractivity contribution in [2.75, 3.05) is 12.8 Å². The van der Waals surface area contributed by atoms with Gasteiger partial charge in [-0.1, -0.05) is 30.3 Å². The lowest BCUT2D eigenvalue weighted by atomic mass is 9.82. The van der Waals surface area contributed by atoms with Crippen LogP contribution in [0.2, 0.25) is 0 Å². The van der Waals surface area contributed by atoms with E-state index in [1.807, 2.05) is 0 Å². The molecule has 3 aromatic rings. The van der Waals surface area contributed by atoms with Crippen molar-refractivity contribution in [2.45, 2.75) is 13.2 Å². The molecule has 0 amide bonds. The number of nitrogens with two attached hydrogens (primary N) is 1. The monoisotopic (exact) mass is 453 g/mol. The lowest BCUT2D eigenvalue weighted by molar-refractivity contribution is -0.0512. The Balaban J connectivity index is 1.57. The number of anilines is 1. The average molecular weight is 453 g/mol. The van der Waals surface area contributed by atoms with Crippen LogP contribution < -0.4 is 15.2 Å². The number of carbonyl (C=O) groups excluding carboxylic acids is 3. The van der Waals surface area contributed by atoms with Gasteiger partial charge in [-0.05, 0) is 29.8 Å². The Bertz CT molecular complexity index is 1290. The topological polar surface area (TPSA) is 105 Å². The molecule has 7 nitrogen and oxygen atoms in total. The number of fused-ring (bicyclic) bond motifs is 2. The first kappa shape index (κ1) is 21.9. The predicted octanol–water partition coefficient (Wildman–Crippen LogP) is 4.01. The fourth-order valence-electron chi connectivity index (χ4n) is 3.61. The van der Waals surface area contributed by atoms with E-state index in [0.29, 0.717) is 5.56 Å². The lowest BCUT2D eigenvalue weighted by Gasteiger charge is -2.20. The summed E-state index contributed by atoms with van der Waals surface area (Å²) in [5.41, 5.74) is 6.91. The Labute approximate surface area is 186 Å². The highest BCUT2D eigenvalue weighted by atomic mass is 19.3. The summed E-state index contributed by atoms with van der Waals surface area (Å²) in [5, 5.41) is 0. The smallest absolute Gasteiger partial charge is 0.387 e. The van der Waals surface area contributed by atoms with Crippen LogP contribution >= 0.6 is 0 Å². The molecule has 0 heterocycles. The molecule has 0 spiro atoms. The van der Waals surface area contributed by atoms with E-state index in [4.69, 9.17) is 15.2 Å². The number of carbonyl (C=O) groups is 3. The molecule has 0 bridgehead atoms. The molecular formula is C24H17F2NO6. The molecule has 0 saturated carbocycles. The van der Waals surface area contributed by atoms with Crippen molar-refractivity contribution in [1.82, 2.24) is 0 Å². The summed E-state index contributed by atoms with van der Waals surface area (Å²) in [6, 6.07) is 13.2. The Hall–Kier alpha value is -4.27. The van der Waals surface area contributed by atoms with E-state index in [1.165, 1.54) is 43.5 Å². The van der Waals surface area contributed by atoms with Crippen LogP contribution in [0, 0.1) is 0 Å². The highest BCUT2D eigenvalue weighted by molar-refractivity contribution is 6.30. The van der Waals surface area contributed by atoms with Gasteiger partial charge in [0.2, 0.25) is 0 Å². The van der Waals surface area contributed by atoms with E-state index < -0.39 is 18.4 Å². The molecular weight excluding hydrogens is 436 g/mol. The fraction of sp³-hybridized carbons (Fsp3) is 0.125. The highest BCUT2D eigenvalue weighted by Gasteiger charge is 2.33. The van der Waals surface area contributed by atoms with E-state index in [9.17, 15) is 23.2 Å². The minimum atomic E-state index is -3.02. The number of hydrogen-bond acceptors (Lipinski definition) is 7. The van der Waals surface area contributed by atoms with Gasteiger partial charge in [0.05, 0.1) is 23.9 Å². The molecule has 0 fully saturated rings. The molecule has 168 valence electrons. The van der Waals surface area contributed by atoms with E-state index in [-0.39, 0.29) is 57.4 Å². The third kappa shape index (κ3) is 4.00. The van der Waals surface area contributed by atoms with Crippen LogP contribution in [0.15, 0.2) is 54.6 Å². The van der Waals surface area contributed by atoms with Gasteiger partial charge >= 0.3 is 12.6 Å². The van der Waals surface area contributed by atoms with Gasteiger partial charge in [-0.2, -0.15) is 8.78 Å². The van der Waals surface area contributed by atoms with Crippen molar-refractivity contribution in [3.05, 3.63) is 88.0 Å². The summed E-state index contributed by atoms with van der Waals surface area (Å²) in [4.78, 5) is 38.4. The van der Waals surface area contributed by atoms with E-state index in [0.717, 1.165) is 0 Å². The maximum atomic E-state index is 12.9. The molecule has 0 radical (unpaired) electrons. The number of ether oxygens (including phenoxy) is 3. The summed E-state index contributed by atoms with van der Waals surface area (Å²) in [5.74, 6) is -1.75. The van der Waals surface area contributed by atoms with Gasteiger partial charge in [0.25, 0.3) is 0 Å². The van der Waals surface area contributed by atoms with Gasteiger partial charge in [-0.15, -0.1) is 0 Å². The van der Waals surface area contributed by atoms with Crippen molar-refractivity contribution in [1.29, 1.82) is 0 Å². The zero-order valence-corrected chi connectivity index (χ0v) is 17.3. The molecule has 3 aromatic carbocycles. The molecule has 0 saturated heterocycles. The Morgan fingerprint density at radius 2 is 1.64 bits per heavy atom. The first-order valence-corrected chi connectivity index (χ1v) is 9.71. The number of nitrogen functional groups attached to an aromatic ring is 1. The van der Waals surface area contributed by atoms with Crippen LogP contribution in [0.4, 0.5) is 14.5 Å². The number of benzene rings is 3. The van der Waals surface area contributed by atoms with Crippen molar-refractivity contribution < 1.29 is 37.4 Å². The third-order valence-electron chi connectivity index (χ3n) is 5.17. The minimum absolute atomic E-state index is 0.0386. The maximum absolute atomic E-state index is 12.9. The number of halogens is 2. The quantitative estimate of drug-likeness (QED) is 0.347. The molecule has 33 heavy (non-hydrogen) atoms. The number of ketones is 2. The molecule has 0 aromatic heterocycles. The van der Waals surface area contributed by atoms with E-state index in [1.54, 1.807) is 18.2 Å². The zero-order valence-electron chi connectivity index (χ0n) is 17.3. The Morgan fingerprint density at radius 3 is 2.30 bits per heavy atom. The van der Waals surface area contributed by atoms with Gasteiger partial charge in [-0.25, -0.2) is 4.79 Å². The van der Waals surface area contributed by atoms with Crippen LogP contribution in [0.1, 0.15) is 47.8 Å². The van der Waals surface area contributed by atoms with Crippen LogP contribution in [-0.2, 0) is 11.3 Å². The van der Waals surface area contributed by atoms with Crippen molar-refractivity contribution in [2.24, 2.45) is 0 Å². The molecule has 0 unspecified atom stereocenters. The summed E-state index contributed by atoms with van der Waals surface area (Å²) in [7, 11) is 1.29. The van der Waals surface area contributed by atoms with Crippen LogP contribution in [0.5, 0.6) is 11.5 Å². The molecule has 2 N–H and O–H groups in total. The normalized spacial score (nSPS) is 12.2. The highest BCUT2D eigenvalue weighted by Crippen LogP contribution is 2.33. The van der Waals surface area contributed by atoms with E-state index in [2.05, 4.69) is 4.74 Å².